The lowest BCUT2D eigenvalue weighted by atomic mass is 10.4. The first-order chi connectivity index (χ1) is 3.95. The van der Waals surface area contributed by atoms with E-state index in [9.17, 15) is 0 Å². The molecule has 0 aliphatic heterocycles. The summed E-state index contributed by atoms with van der Waals surface area (Å²) < 4.78 is 5.49. The van der Waals surface area contributed by atoms with Gasteiger partial charge in [0, 0.05) is 0 Å². The number of terminal acetylenes is 1. The maximum absolute atomic E-state index is 5.49. The van der Waals surface area contributed by atoms with Gasteiger partial charge in [-0.25, -0.2) is 0 Å². The van der Waals surface area contributed by atoms with Crippen molar-refractivity contribution >= 4 is 8.32 Å². The van der Waals surface area contributed by atoms with Crippen LogP contribution in [0.3, 0.4) is 0 Å². The van der Waals surface area contributed by atoms with Gasteiger partial charge >= 0.3 is 0 Å². The third-order valence-corrected chi connectivity index (χ3v) is 1.83. The van der Waals surface area contributed by atoms with Crippen LogP contribution in [0.5, 0.6) is 0 Å². The van der Waals surface area contributed by atoms with Crippen molar-refractivity contribution in [1.82, 2.24) is 0 Å². The third-order valence-electron chi connectivity index (χ3n) is 0.765. The van der Waals surface area contributed by atoms with Gasteiger partial charge in [0.25, 0.3) is 0 Å². The second kappa shape index (κ2) is 3.05. The van der Waals surface area contributed by atoms with Crippen molar-refractivity contribution < 1.29 is 4.43 Å². The molecule has 0 saturated carbocycles. The average Bonchev–Trinajstić information content (AvgIpc) is 1.62. The zero-order valence-corrected chi connectivity index (χ0v) is 7.56. The van der Waals surface area contributed by atoms with E-state index >= 15 is 0 Å². The monoisotopic (exact) mass is 142 g/mol. The molecular weight excluding hydrogens is 128 g/mol. The number of rotatable bonds is 2. The summed E-state index contributed by atoms with van der Waals surface area (Å²) in [5, 5.41) is 0. The van der Waals surface area contributed by atoms with Gasteiger partial charge in [-0.05, 0) is 26.6 Å². The maximum atomic E-state index is 5.49. The zero-order valence-electron chi connectivity index (χ0n) is 6.56. The Bertz CT molecular complexity index is 118. The van der Waals surface area contributed by atoms with Crippen LogP contribution in [-0.4, -0.2) is 14.4 Å². The highest BCUT2D eigenvalue weighted by Gasteiger charge is 2.16. The molecule has 0 fully saturated rings. The molecule has 0 aliphatic rings. The Morgan fingerprint density at radius 2 is 1.89 bits per heavy atom. The smallest absolute Gasteiger partial charge is 0.185 e. The van der Waals surface area contributed by atoms with Crippen molar-refractivity contribution in [1.29, 1.82) is 0 Å². The lowest BCUT2D eigenvalue weighted by molar-refractivity contribution is 0.272. The highest BCUT2D eigenvalue weighted by atomic mass is 28.4. The van der Waals surface area contributed by atoms with Gasteiger partial charge in [0.05, 0.1) is 0 Å². The van der Waals surface area contributed by atoms with E-state index in [1.807, 2.05) is 6.92 Å². The minimum atomic E-state index is -1.38. The Labute approximate surface area is 58.5 Å². The summed E-state index contributed by atoms with van der Waals surface area (Å²) in [5.41, 5.74) is 0. The summed E-state index contributed by atoms with van der Waals surface area (Å²) in [6, 6.07) is 0. The molecule has 0 aromatic rings. The molecule has 0 heterocycles. The zero-order chi connectivity index (χ0) is 7.49. The summed E-state index contributed by atoms with van der Waals surface area (Å²) in [7, 11) is -1.38. The molecule has 1 nitrogen and oxygen atoms in total. The highest BCUT2D eigenvalue weighted by molar-refractivity contribution is 6.69. The Hall–Kier alpha value is -0.263. The van der Waals surface area contributed by atoms with Crippen molar-refractivity contribution in [2.75, 3.05) is 0 Å². The lowest BCUT2D eigenvalue weighted by Crippen LogP contribution is -2.29. The van der Waals surface area contributed by atoms with E-state index in [2.05, 4.69) is 25.6 Å². The SMILES string of the molecule is C#C[C@H](C)O[Si](C)(C)C. The first-order valence-corrected chi connectivity index (χ1v) is 6.50. The van der Waals surface area contributed by atoms with Gasteiger partial charge < -0.3 is 4.43 Å². The molecule has 0 bridgehead atoms. The number of hydrogen-bond donors (Lipinski definition) is 0. The Balaban J connectivity index is 3.63. The van der Waals surface area contributed by atoms with Gasteiger partial charge in [0.2, 0.25) is 0 Å². The molecule has 0 unspecified atom stereocenters. The van der Waals surface area contributed by atoms with Crippen molar-refractivity contribution in [3.8, 4) is 12.3 Å². The van der Waals surface area contributed by atoms with E-state index in [0.29, 0.717) is 0 Å². The lowest BCUT2D eigenvalue weighted by Gasteiger charge is -2.19. The van der Waals surface area contributed by atoms with Crippen LogP contribution in [-0.2, 0) is 4.43 Å². The van der Waals surface area contributed by atoms with E-state index < -0.39 is 8.32 Å². The molecule has 0 aliphatic carbocycles. The Kier molecular flexibility index (Phi) is 2.96. The first kappa shape index (κ1) is 8.74. The van der Waals surface area contributed by atoms with Crippen LogP contribution < -0.4 is 0 Å². The summed E-state index contributed by atoms with van der Waals surface area (Å²) in [6.45, 7) is 8.28. The fraction of sp³-hybridized carbons (Fsp3) is 0.714. The van der Waals surface area contributed by atoms with E-state index in [0.717, 1.165) is 0 Å². The standard InChI is InChI=1S/C7H14OSi/c1-6-7(2)8-9(3,4)5/h1,7H,2-5H3/t7-/m0/s1. The van der Waals surface area contributed by atoms with Gasteiger partial charge in [0.15, 0.2) is 8.32 Å². The van der Waals surface area contributed by atoms with Gasteiger partial charge in [-0.2, -0.15) is 0 Å². The fourth-order valence-corrected chi connectivity index (χ4v) is 1.69. The van der Waals surface area contributed by atoms with Crippen LogP contribution in [0.25, 0.3) is 0 Å². The summed E-state index contributed by atoms with van der Waals surface area (Å²) >= 11 is 0. The molecule has 0 rings (SSSR count). The predicted molar refractivity (Wildman–Crippen MR) is 42.7 cm³/mol. The topological polar surface area (TPSA) is 9.23 Å². The highest BCUT2D eigenvalue weighted by Crippen LogP contribution is 2.05. The van der Waals surface area contributed by atoms with Crippen LogP contribution in [0.1, 0.15) is 6.92 Å². The number of hydrogen-bond acceptors (Lipinski definition) is 1. The molecule has 2 heteroatoms. The van der Waals surface area contributed by atoms with Gasteiger partial charge in [-0.15, -0.1) is 6.42 Å². The van der Waals surface area contributed by atoms with E-state index in [1.165, 1.54) is 0 Å². The van der Waals surface area contributed by atoms with Gasteiger partial charge in [-0.3, -0.25) is 0 Å². The van der Waals surface area contributed by atoms with Crippen molar-refractivity contribution in [3.63, 3.8) is 0 Å². The maximum Gasteiger partial charge on any atom is 0.185 e. The predicted octanol–water partition coefficient (Wildman–Crippen LogP) is 1.86. The molecule has 0 aromatic carbocycles. The van der Waals surface area contributed by atoms with Crippen molar-refractivity contribution in [2.24, 2.45) is 0 Å². The van der Waals surface area contributed by atoms with Gasteiger partial charge in [0.1, 0.15) is 6.10 Å². The normalized spacial score (nSPS) is 14.6. The van der Waals surface area contributed by atoms with Crippen LogP contribution in [0.15, 0.2) is 0 Å². The molecule has 0 spiro atoms. The summed E-state index contributed by atoms with van der Waals surface area (Å²) in [5.74, 6) is 2.53. The van der Waals surface area contributed by atoms with Crippen molar-refractivity contribution in [2.45, 2.75) is 32.7 Å². The van der Waals surface area contributed by atoms with Crippen LogP contribution in [0.4, 0.5) is 0 Å². The second-order valence-corrected chi connectivity index (χ2v) is 7.50. The molecule has 9 heavy (non-hydrogen) atoms. The minimum Gasteiger partial charge on any atom is -0.404 e. The summed E-state index contributed by atoms with van der Waals surface area (Å²) in [6.07, 6.45) is 5.11. The quantitative estimate of drug-likeness (QED) is 0.422. The Morgan fingerprint density at radius 3 is 2.00 bits per heavy atom. The minimum absolute atomic E-state index is 0.0170. The Morgan fingerprint density at radius 1 is 1.44 bits per heavy atom. The average molecular weight is 142 g/mol. The molecule has 1 atom stereocenters. The fourth-order valence-electron chi connectivity index (χ4n) is 0.564. The molecule has 52 valence electrons. The molecule has 0 amide bonds. The summed E-state index contributed by atoms with van der Waals surface area (Å²) in [4.78, 5) is 0. The van der Waals surface area contributed by atoms with Crippen LogP contribution in [0.2, 0.25) is 19.6 Å². The molecule has 0 aromatic heterocycles. The van der Waals surface area contributed by atoms with Crippen LogP contribution in [0, 0.1) is 12.3 Å². The molecular formula is C7H14OSi. The van der Waals surface area contributed by atoms with E-state index in [4.69, 9.17) is 10.8 Å². The molecule has 0 radical (unpaired) electrons. The second-order valence-electron chi connectivity index (χ2n) is 3.04. The van der Waals surface area contributed by atoms with Crippen LogP contribution >= 0.6 is 0 Å². The van der Waals surface area contributed by atoms with Crippen molar-refractivity contribution in [3.05, 3.63) is 0 Å². The van der Waals surface area contributed by atoms with E-state index in [1.54, 1.807) is 0 Å². The molecule has 0 saturated heterocycles. The first-order valence-electron chi connectivity index (χ1n) is 3.09. The molecule has 0 N–H and O–H groups in total. The third kappa shape index (κ3) is 5.61. The largest absolute Gasteiger partial charge is 0.404 e. The van der Waals surface area contributed by atoms with E-state index in [-0.39, 0.29) is 6.10 Å². The van der Waals surface area contributed by atoms with Gasteiger partial charge in [-0.1, -0.05) is 5.92 Å².